The van der Waals surface area contributed by atoms with Crippen molar-refractivity contribution in [1.82, 2.24) is 0 Å². The molecule has 0 aliphatic rings. The molecule has 0 unspecified atom stereocenters. The van der Waals surface area contributed by atoms with E-state index in [2.05, 4.69) is 5.32 Å². The number of rotatable bonds is 7. The number of hydrogen-bond acceptors (Lipinski definition) is 5. The van der Waals surface area contributed by atoms with Gasteiger partial charge in [0.05, 0.1) is 16.1 Å². The monoisotopic (exact) mass is 393 g/mol. The molecule has 0 aliphatic heterocycles. The number of nitrogens with two attached hydrogens (primary N) is 1. The summed E-state index contributed by atoms with van der Waals surface area (Å²) in [4.78, 5) is -0.0918. The second-order valence-electron chi connectivity index (χ2n) is 6.14. The van der Waals surface area contributed by atoms with E-state index in [4.69, 9.17) is 9.88 Å². The predicted molar refractivity (Wildman–Crippen MR) is 107 cm³/mol. The Morgan fingerprint density at radius 1 is 0.964 bits per heavy atom. The predicted octanol–water partition coefficient (Wildman–Crippen LogP) is 3.40. The Bertz CT molecular complexity index is 1110. The highest BCUT2D eigenvalue weighted by atomic mass is 32.2. The summed E-state index contributed by atoms with van der Waals surface area (Å²) < 4.78 is 28.7. The number of nitrogens with one attached hydrogen (secondary N) is 1. The Kier molecular flexibility index (Phi) is 5.94. The first-order valence-corrected chi connectivity index (χ1v) is 10.1. The normalized spacial score (nSPS) is 10.9. The molecule has 0 aromatic heterocycles. The fraction of sp³-hybridized carbons (Fsp3) is 0.0952. The van der Waals surface area contributed by atoms with Crippen LogP contribution in [0.15, 0.2) is 77.7 Å². The third-order valence-electron chi connectivity index (χ3n) is 4.07. The number of nitrogens with zero attached hydrogens (tertiary/aromatic N) is 1. The van der Waals surface area contributed by atoms with Gasteiger partial charge < -0.3 is 10.1 Å². The maximum absolute atomic E-state index is 11.4. The standard InChI is InChI=1S/C21H19N3O3S/c22-13-18-12-20(28(23,25)26)9-10-21(18)24-14-17-7-4-8-19(11-17)27-15-16-5-2-1-3-6-16/h1-12,24H,14-15H2,(H2,23,25,26). The van der Waals surface area contributed by atoms with Gasteiger partial charge in [-0.3, -0.25) is 0 Å². The summed E-state index contributed by atoms with van der Waals surface area (Å²) in [7, 11) is -3.85. The van der Waals surface area contributed by atoms with Crippen LogP contribution in [0.2, 0.25) is 0 Å². The molecule has 0 aliphatic carbocycles. The molecule has 7 heteroatoms. The molecule has 28 heavy (non-hydrogen) atoms. The number of anilines is 1. The van der Waals surface area contributed by atoms with Crippen LogP contribution in [0.1, 0.15) is 16.7 Å². The van der Waals surface area contributed by atoms with Crippen LogP contribution in [-0.4, -0.2) is 8.42 Å². The first-order chi connectivity index (χ1) is 13.5. The average Bonchev–Trinajstić information content (AvgIpc) is 2.71. The Hall–Kier alpha value is -3.34. The van der Waals surface area contributed by atoms with Crippen LogP contribution >= 0.6 is 0 Å². The van der Waals surface area contributed by atoms with Gasteiger partial charge in [0.25, 0.3) is 0 Å². The van der Waals surface area contributed by atoms with E-state index >= 15 is 0 Å². The fourth-order valence-corrected chi connectivity index (χ4v) is 3.17. The van der Waals surface area contributed by atoms with Crippen molar-refractivity contribution in [2.24, 2.45) is 5.14 Å². The maximum Gasteiger partial charge on any atom is 0.238 e. The van der Waals surface area contributed by atoms with Gasteiger partial charge in [0.2, 0.25) is 10.0 Å². The number of nitriles is 1. The third kappa shape index (κ3) is 5.10. The number of ether oxygens (including phenoxy) is 1. The van der Waals surface area contributed by atoms with Crippen molar-refractivity contribution in [2.75, 3.05) is 5.32 Å². The van der Waals surface area contributed by atoms with Crippen LogP contribution < -0.4 is 15.2 Å². The molecule has 0 spiro atoms. The maximum atomic E-state index is 11.4. The zero-order valence-corrected chi connectivity index (χ0v) is 15.8. The highest BCUT2D eigenvalue weighted by Crippen LogP contribution is 2.21. The van der Waals surface area contributed by atoms with Crippen molar-refractivity contribution in [3.63, 3.8) is 0 Å². The number of sulfonamides is 1. The third-order valence-corrected chi connectivity index (χ3v) is 4.98. The van der Waals surface area contributed by atoms with E-state index in [1.54, 1.807) is 0 Å². The Morgan fingerprint density at radius 3 is 2.43 bits per heavy atom. The average molecular weight is 393 g/mol. The molecule has 0 fully saturated rings. The van der Waals surface area contributed by atoms with Gasteiger partial charge in [-0.15, -0.1) is 0 Å². The van der Waals surface area contributed by atoms with E-state index in [1.807, 2.05) is 60.7 Å². The highest BCUT2D eigenvalue weighted by Gasteiger charge is 2.11. The first kappa shape index (κ1) is 19.4. The molecular formula is C21H19N3O3S. The number of benzene rings is 3. The quantitative estimate of drug-likeness (QED) is 0.640. The number of hydrogen-bond donors (Lipinski definition) is 2. The van der Waals surface area contributed by atoms with Crippen molar-refractivity contribution < 1.29 is 13.2 Å². The molecule has 3 aromatic carbocycles. The molecule has 142 valence electrons. The van der Waals surface area contributed by atoms with Crippen molar-refractivity contribution in [2.45, 2.75) is 18.0 Å². The van der Waals surface area contributed by atoms with E-state index in [0.717, 1.165) is 16.9 Å². The van der Waals surface area contributed by atoms with Gasteiger partial charge in [0, 0.05) is 6.54 Å². The molecule has 3 rings (SSSR count). The summed E-state index contributed by atoms with van der Waals surface area (Å²) in [6, 6.07) is 23.7. The van der Waals surface area contributed by atoms with Crippen LogP contribution in [-0.2, 0) is 23.2 Å². The molecule has 0 atom stereocenters. The van der Waals surface area contributed by atoms with Crippen LogP contribution in [0, 0.1) is 11.3 Å². The number of primary sulfonamides is 1. The fourth-order valence-electron chi connectivity index (χ4n) is 2.63. The van der Waals surface area contributed by atoms with Gasteiger partial charge in [0.1, 0.15) is 18.4 Å². The van der Waals surface area contributed by atoms with Crippen LogP contribution in [0.3, 0.4) is 0 Å². The molecule has 0 bridgehead atoms. The van der Waals surface area contributed by atoms with E-state index < -0.39 is 10.0 Å². The summed E-state index contributed by atoms with van der Waals surface area (Å²) >= 11 is 0. The molecule has 0 saturated carbocycles. The summed E-state index contributed by atoms with van der Waals surface area (Å²) in [5.41, 5.74) is 2.79. The Morgan fingerprint density at radius 2 is 1.71 bits per heavy atom. The lowest BCUT2D eigenvalue weighted by Gasteiger charge is -2.11. The smallest absolute Gasteiger partial charge is 0.238 e. The molecule has 3 aromatic rings. The lowest BCUT2D eigenvalue weighted by Crippen LogP contribution is -2.12. The minimum Gasteiger partial charge on any atom is -0.489 e. The van der Waals surface area contributed by atoms with E-state index in [0.29, 0.717) is 18.8 Å². The minimum absolute atomic E-state index is 0.0918. The van der Waals surface area contributed by atoms with Crippen molar-refractivity contribution in [3.8, 4) is 11.8 Å². The zero-order valence-electron chi connectivity index (χ0n) is 15.0. The molecule has 0 amide bonds. The van der Waals surface area contributed by atoms with Gasteiger partial charge in [0.15, 0.2) is 0 Å². The van der Waals surface area contributed by atoms with Gasteiger partial charge >= 0.3 is 0 Å². The molecule has 6 nitrogen and oxygen atoms in total. The van der Waals surface area contributed by atoms with Crippen molar-refractivity contribution >= 4 is 15.7 Å². The SMILES string of the molecule is N#Cc1cc(S(N)(=O)=O)ccc1NCc1cccc(OCc2ccccc2)c1. The van der Waals surface area contributed by atoms with Crippen molar-refractivity contribution in [3.05, 3.63) is 89.5 Å². The summed E-state index contributed by atoms with van der Waals surface area (Å²) in [5.74, 6) is 0.744. The second kappa shape index (κ2) is 8.57. The van der Waals surface area contributed by atoms with E-state index in [9.17, 15) is 13.7 Å². The molecule has 3 N–H and O–H groups in total. The summed E-state index contributed by atoms with van der Waals surface area (Å²) in [6.07, 6.45) is 0. The second-order valence-corrected chi connectivity index (χ2v) is 7.70. The largest absolute Gasteiger partial charge is 0.489 e. The Labute approximate surface area is 164 Å². The van der Waals surface area contributed by atoms with E-state index in [-0.39, 0.29) is 10.5 Å². The van der Waals surface area contributed by atoms with Crippen molar-refractivity contribution in [1.29, 1.82) is 5.26 Å². The van der Waals surface area contributed by atoms with Gasteiger partial charge in [-0.25, -0.2) is 13.6 Å². The lowest BCUT2D eigenvalue weighted by molar-refractivity contribution is 0.306. The first-order valence-electron chi connectivity index (χ1n) is 8.52. The summed E-state index contributed by atoms with van der Waals surface area (Å²) in [5, 5.41) is 17.5. The molecule has 0 heterocycles. The molecule has 0 radical (unpaired) electrons. The molecular weight excluding hydrogens is 374 g/mol. The highest BCUT2D eigenvalue weighted by molar-refractivity contribution is 7.89. The van der Waals surface area contributed by atoms with E-state index in [1.165, 1.54) is 18.2 Å². The summed E-state index contributed by atoms with van der Waals surface area (Å²) in [6.45, 7) is 0.928. The lowest BCUT2D eigenvalue weighted by atomic mass is 10.1. The molecule has 0 saturated heterocycles. The zero-order chi connectivity index (χ0) is 20.0. The van der Waals surface area contributed by atoms with Crippen LogP contribution in [0.25, 0.3) is 0 Å². The van der Waals surface area contributed by atoms with Gasteiger partial charge in [-0.05, 0) is 41.5 Å². The van der Waals surface area contributed by atoms with Crippen LogP contribution in [0.4, 0.5) is 5.69 Å². The topological polar surface area (TPSA) is 105 Å². The van der Waals surface area contributed by atoms with Crippen LogP contribution in [0.5, 0.6) is 5.75 Å². The van der Waals surface area contributed by atoms with Gasteiger partial charge in [-0.2, -0.15) is 5.26 Å². The Balaban J connectivity index is 1.67. The minimum atomic E-state index is -3.85. The van der Waals surface area contributed by atoms with Gasteiger partial charge in [-0.1, -0.05) is 42.5 Å².